The summed E-state index contributed by atoms with van der Waals surface area (Å²) < 4.78 is 5.19. The first-order valence-electron chi connectivity index (χ1n) is 7.76. The van der Waals surface area contributed by atoms with E-state index in [2.05, 4.69) is 5.32 Å². The van der Waals surface area contributed by atoms with Crippen molar-refractivity contribution in [3.05, 3.63) is 65.7 Å². The van der Waals surface area contributed by atoms with Gasteiger partial charge in [-0.15, -0.1) is 0 Å². The number of anilines is 1. The Bertz CT molecular complexity index is 800. The Labute approximate surface area is 139 Å². The molecular formula is C19H17NO4. The molecule has 1 N–H and O–H groups in total. The number of amides is 1. The van der Waals surface area contributed by atoms with Crippen LogP contribution in [0.15, 0.2) is 54.6 Å². The molecule has 2 aromatic carbocycles. The van der Waals surface area contributed by atoms with Crippen molar-refractivity contribution < 1.29 is 19.1 Å². The second kappa shape index (κ2) is 6.28. The Hall–Kier alpha value is -2.95. The lowest BCUT2D eigenvalue weighted by Gasteiger charge is -2.34. The number of Topliss-reactive ketones (excluding diaryl/α,β-unsaturated/α-hetero) is 1. The molecule has 5 nitrogen and oxygen atoms in total. The van der Waals surface area contributed by atoms with Gasteiger partial charge in [-0.3, -0.25) is 14.4 Å². The minimum absolute atomic E-state index is 0.0793. The van der Waals surface area contributed by atoms with Gasteiger partial charge in [0, 0.05) is 17.7 Å². The number of benzene rings is 2. The molecule has 1 aliphatic heterocycles. The van der Waals surface area contributed by atoms with Crippen molar-refractivity contribution in [2.45, 2.75) is 18.8 Å². The van der Waals surface area contributed by atoms with E-state index < -0.39 is 23.1 Å². The molecular weight excluding hydrogens is 306 g/mol. The Morgan fingerprint density at radius 1 is 1.04 bits per heavy atom. The number of fused-ring (bicyclic) bond motifs is 1. The average Bonchev–Trinajstić information content (AvgIpc) is 2.60. The van der Waals surface area contributed by atoms with Gasteiger partial charge in [-0.1, -0.05) is 48.5 Å². The molecule has 0 saturated carbocycles. The summed E-state index contributed by atoms with van der Waals surface area (Å²) in [5, 5.41) is 2.55. The molecule has 3 rings (SSSR count). The normalized spacial score (nSPS) is 19.4. The van der Waals surface area contributed by atoms with Crippen LogP contribution >= 0.6 is 0 Å². The van der Waals surface area contributed by atoms with Crippen LogP contribution in [0.4, 0.5) is 5.69 Å². The fraction of sp³-hybridized carbons (Fsp3) is 0.211. The lowest BCUT2D eigenvalue weighted by atomic mass is 9.69. The minimum Gasteiger partial charge on any atom is -0.465 e. The lowest BCUT2D eigenvalue weighted by Crippen LogP contribution is -2.54. The molecule has 122 valence electrons. The second-order valence-electron chi connectivity index (χ2n) is 5.62. The molecule has 24 heavy (non-hydrogen) atoms. The Morgan fingerprint density at radius 2 is 1.71 bits per heavy atom. The number of carbonyl (C=O) groups excluding carboxylic acids is 3. The molecule has 0 radical (unpaired) electrons. The summed E-state index contributed by atoms with van der Waals surface area (Å²) in [6.07, 6.45) is 0.0793. The van der Waals surface area contributed by atoms with Crippen molar-refractivity contribution in [1.82, 2.24) is 0 Å². The fourth-order valence-corrected chi connectivity index (χ4v) is 3.07. The molecule has 1 amide bonds. The molecule has 0 aromatic heterocycles. The number of nitrogens with one attached hydrogen (secondary N) is 1. The third-order valence-corrected chi connectivity index (χ3v) is 4.16. The number of para-hydroxylation sites is 1. The molecule has 0 bridgehead atoms. The third kappa shape index (κ3) is 2.48. The predicted molar refractivity (Wildman–Crippen MR) is 88.5 cm³/mol. The van der Waals surface area contributed by atoms with E-state index in [0.717, 1.165) is 5.56 Å². The van der Waals surface area contributed by atoms with Gasteiger partial charge in [0.15, 0.2) is 5.41 Å². The average molecular weight is 323 g/mol. The van der Waals surface area contributed by atoms with E-state index in [-0.39, 0.29) is 13.0 Å². The molecule has 1 aliphatic rings. The van der Waals surface area contributed by atoms with Gasteiger partial charge in [-0.2, -0.15) is 0 Å². The predicted octanol–water partition coefficient (Wildman–Crippen LogP) is 2.25. The van der Waals surface area contributed by atoms with Crippen LogP contribution in [0, 0.1) is 0 Å². The Balaban J connectivity index is 2.21. The van der Waals surface area contributed by atoms with Crippen LogP contribution in [0.5, 0.6) is 0 Å². The quantitative estimate of drug-likeness (QED) is 0.532. The summed E-state index contributed by atoms with van der Waals surface area (Å²) in [5.74, 6) is -2.28. The molecule has 1 heterocycles. The number of ether oxygens (including phenoxy) is 1. The molecule has 5 heteroatoms. The van der Waals surface area contributed by atoms with Gasteiger partial charge in [0.25, 0.3) is 5.91 Å². The molecule has 0 saturated heterocycles. The second-order valence-corrected chi connectivity index (χ2v) is 5.62. The van der Waals surface area contributed by atoms with Gasteiger partial charge < -0.3 is 10.1 Å². The van der Waals surface area contributed by atoms with Crippen molar-refractivity contribution in [3.63, 3.8) is 0 Å². The van der Waals surface area contributed by atoms with Gasteiger partial charge in [0.1, 0.15) is 0 Å². The van der Waals surface area contributed by atoms with E-state index in [4.69, 9.17) is 4.74 Å². The maximum atomic E-state index is 12.8. The number of hydrogen-bond acceptors (Lipinski definition) is 4. The largest absolute Gasteiger partial charge is 0.465 e. The summed E-state index contributed by atoms with van der Waals surface area (Å²) >= 11 is 0. The molecule has 0 spiro atoms. The summed E-state index contributed by atoms with van der Waals surface area (Å²) in [7, 11) is 0. The highest BCUT2D eigenvalue weighted by atomic mass is 16.5. The van der Waals surface area contributed by atoms with Crippen molar-refractivity contribution >= 4 is 23.3 Å². The number of hydrogen-bond donors (Lipinski definition) is 1. The van der Waals surface area contributed by atoms with Crippen LogP contribution in [-0.2, 0) is 31.0 Å². The van der Waals surface area contributed by atoms with E-state index in [1.807, 2.05) is 30.3 Å². The number of carbonyl (C=O) groups is 3. The number of rotatable bonds is 4. The van der Waals surface area contributed by atoms with Gasteiger partial charge in [-0.25, -0.2) is 0 Å². The third-order valence-electron chi connectivity index (χ3n) is 4.16. The van der Waals surface area contributed by atoms with Crippen LogP contribution in [0.25, 0.3) is 0 Å². The van der Waals surface area contributed by atoms with Crippen molar-refractivity contribution in [3.8, 4) is 0 Å². The van der Waals surface area contributed by atoms with E-state index >= 15 is 0 Å². The molecule has 0 aliphatic carbocycles. The lowest BCUT2D eigenvalue weighted by molar-refractivity contribution is -0.157. The highest BCUT2D eigenvalue weighted by Crippen LogP contribution is 2.39. The fourth-order valence-electron chi connectivity index (χ4n) is 3.07. The topological polar surface area (TPSA) is 72.5 Å². The van der Waals surface area contributed by atoms with Gasteiger partial charge >= 0.3 is 5.97 Å². The van der Waals surface area contributed by atoms with E-state index in [1.54, 1.807) is 31.2 Å². The van der Waals surface area contributed by atoms with Gasteiger partial charge in [-0.05, 0) is 18.6 Å². The zero-order valence-electron chi connectivity index (χ0n) is 13.2. The monoisotopic (exact) mass is 323 g/mol. The van der Waals surface area contributed by atoms with Gasteiger partial charge in [0.05, 0.1) is 6.61 Å². The zero-order valence-corrected chi connectivity index (χ0v) is 13.2. The molecule has 0 fully saturated rings. The summed E-state index contributed by atoms with van der Waals surface area (Å²) in [5.41, 5.74) is 0.0578. The van der Waals surface area contributed by atoms with Crippen LogP contribution in [0.3, 0.4) is 0 Å². The van der Waals surface area contributed by atoms with Crippen molar-refractivity contribution in [1.29, 1.82) is 0 Å². The van der Waals surface area contributed by atoms with E-state index in [0.29, 0.717) is 11.3 Å². The molecule has 2 aromatic rings. The highest BCUT2D eigenvalue weighted by molar-refractivity contribution is 6.49. The van der Waals surface area contributed by atoms with E-state index in [1.165, 1.54) is 0 Å². The highest BCUT2D eigenvalue weighted by Gasteiger charge is 2.55. The first kappa shape index (κ1) is 15.9. The van der Waals surface area contributed by atoms with E-state index in [9.17, 15) is 14.4 Å². The van der Waals surface area contributed by atoms with Crippen LogP contribution in [0.1, 0.15) is 18.1 Å². The number of esters is 1. The standard InChI is InChI=1S/C19H17NO4/c1-2-24-18(23)19(12-13-8-4-3-5-9-13)14-10-6-7-11-15(14)20-17(22)16(19)21/h3-11H,2,12H2,1H3,(H,20,22)/t19-/m0/s1. The van der Waals surface area contributed by atoms with Crippen LogP contribution in [-0.4, -0.2) is 24.3 Å². The first-order valence-corrected chi connectivity index (χ1v) is 7.76. The van der Waals surface area contributed by atoms with Crippen LogP contribution < -0.4 is 5.32 Å². The van der Waals surface area contributed by atoms with Gasteiger partial charge in [0.2, 0.25) is 5.78 Å². The Morgan fingerprint density at radius 3 is 2.42 bits per heavy atom. The minimum atomic E-state index is -1.66. The molecule has 0 unspecified atom stereocenters. The molecule has 1 atom stereocenters. The SMILES string of the molecule is CCOC(=O)[C@]1(Cc2ccccc2)C(=O)C(=O)Nc2ccccc21. The summed E-state index contributed by atoms with van der Waals surface area (Å²) in [4.78, 5) is 37.8. The number of ketones is 1. The maximum Gasteiger partial charge on any atom is 0.325 e. The van der Waals surface area contributed by atoms with Crippen molar-refractivity contribution in [2.75, 3.05) is 11.9 Å². The van der Waals surface area contributed by atoms with Crippen molar-refractivity contribution in [2.24, 2.45) is 0 Å². The Kier molecular flexibility index (Phi) is 4.16. The zero-order chi connectivity index (χ0) is 17.2. The van der Waals surface area contributed by atoms with Crippen LogP contribution in [0.2, 0.25) is 0 Å². The maximum absolute atomic E-state index is 12.8. The smallest absolute Gasteiger partial charge is 0.325 e. The summed E-state index contributed by atoms with van der Waals surface area (Å²) in [6, 6.07) is 16.0. The summed E-state index contributed by atoms with van der Waals surface area (Å²) in [6.45, 7) is 1.81. The first-order chi connectivity index (χ1) is 11.6.